The van der Waals surface area contributed by atoms with E-state index in [1.807, 2.05) is 0 Å². The standard InChI is InChI=1S/C15H9ClF3N3O2/c1-24-9-4-2-8(3-5-9)10-6-12(15(17,18)19)22-13(20-10)7-11(21-22)14(16)23/h2-7H,1H3. The first-order chi connectivity index (χ1) is 11.3. The fourth-order valence-electron chi connectivity index (χ4n) is 2.18. The molecule has 0 aliphatic carbocycles. The summed E-state index contributed by atoms with van der Waals surface area (Å²) in [5.74, 6) is 0.565. The van der Waals surface area contributed by atoms with Gasteiger partial charge in [-0.15, -0.1) is 0 Å². The minimum Gasteiger partial charge on any atom is -0.497 e. The van der Waals surface area contributed by atoms with E-state index in [9.17, 15) is 18.0 Å². The number of rotatable bonds is 3. The summed E-state index contributed by atoms with van der Waals surface area (Å²) in [4.78, 5) is 15.3. The maximum Gasteiger partial charge on any atom is 0.433 e. The Hall–Kier alpha value is -2.61. The lowest BCUT2D eigenvalue weighted by Crippen LogP contribution is -2.14. The average molecular weight is 356 g/mol. The van der Waals surface area contributed by atoms with Crippen molar-refractivity contribution in [1.82, 2.24) is 14.6 Å². The Bertz CT molecular complexity index is 920. The number of aromatic nitrogens is 3. The lowest BCUT2D eigenvalue weighted by atomic mass is 10.1. The average Bonchev–Trinajstić information content (AvgIpc) is 2.97. The van der Waals surface area contributed by atoms with Gasteiger partial charge < -0.3 is 4.74 Å². The summed E-state index contributed by atoms with van der Waals surface area (Å²) in [6.07, 6.45) is -4.68. The third-order valence-corrected chi connectivity index (χ3v) is 3.50. The molecule has 2 heterocycles. The summed E-state index contributed by atoms with van der Waals surface area (Å²) in [5.41, 5.74) is -0.932. The molecule has 0 saturated heterocycles. The summed E-state index contributed by atoms with van der Waals surface area (Å²) >= 11 is 5.29. The molecule has 0 aliphatic rings. The largest absolute Gasteiger partial charge is 0.497 e. The molecule has 0 amide bonds. The van der Waals surface area contributed by atoms with Crippen molar-refractivity contribution >= 4 is 22.5 Å². The van der Waals surface area contributed by atoms with Crippen molar-refractivity contribution in [2.24, 2.45) is 0 Å². The first kappa shape index (κ1) is 16.3. The molecule has 3 aromatic rings. The maximum atomic E-state index is 13.3. The van der Waals surface area contributed by atoms with Crippen LogP contribution in [0.15, 0.2) is 36.4 Å². The van der Waals surface area contributed by atoms with Crippen LogP contribution in [0.25, 0.3) is 16.9 Å². The molecule has 0 bridgehead atoms. The van der Waals surface area contributed by atoms with Gasteiger partial charge in [-0.2, -0.15) is 18.3 Å². The van der Waals surface area contributed by atoms with Gasteiger partial charge in [0.15, 0.2) is 11.3 Å². The highest BCUT2D eigenvalue weighted by Gasteiger charge is 2.35. The van der Waals surface area contributed by atoms with Crippen LogP contribution in [0.2, 0.25) is 0 Å². The summed E-state index contributed by atoms with van der Waals surface area (Å²) in [5, 5.41) is 2.61. The van der Waals surface area contributed by atoms with Gasteiger partial charge in [0.05, 0.1) is 12.8 Å². The van der Waals surface area contributed by atoms with Gasteiger partial charge in [-0.25, -0.2) is 9.50 Å². The van der Waals surface area contributed by atoms with Crippen molar-refractivity contribution in [1.29, 1.82) is 0 Å². The minimum absolute atomic E-state index is 0.0888. The minimum atomic E-state index is -4.68. The first-order valence-electron chi connectivity index (χ1n) is 6.62. The Labute approximate surface area is 138 Å². The summed E-state index contributed by atoms with van der Waals surface area (Å²) in [6.45, 7) is 0. The predicted molar refractivity (Wildman–Crippen MR) is 80.2 cm³/mol. The number of carbonyl (C=O) groups excluding carboxylic acids is 1. The zero-order valence-electron chi connectivity index (χ0n) is 12.1. The lowest BCUT2D eigenvalue weighted by Gasteiger charge is -2.11. The second kappa shape index (κ2) is 5.79. The highest BCUT2D eigenvalue weighted by atomic mass is 35.5. The fourth-order valence-corrected chi connectivity index (χ4v) is 2.27. The fraction of sp³-hybridized carbons (Fsp3) is 0.133. The van der Waals surface area contributed by atoms with Gasteiger partial charge >= 0.3 is 6.18 Å². The van der Waals surface area contributed by atoms with Crippen molar-refractivity contribution < 1.29 is 22.7 Å². The molecule has 2 aromatic heterocycles. The number of hydrogen-bond donors (Lipinski definition) is 0. The molecular weight excluding hydrogens is 347 g/mol. The molecule has 0 spiro atoms. The maximum absolute atomic E-state index is 13.3. The van der Waals surface area contributed by atoms with E-state index in [2.05, 4.69) is 10.1 Å². The number of fused-ring (bicyclic) bond motifs is 1. The van der Waals surface area contributed by atoms with Crippen LogP contribution in [0, 0.1) is 0 Å². The first-order valence-corrected chi connectivity index (χ1v) is 6.99. The van der Waals surface area contributed by atoms with Crippen molar-refractivity contribution in [2.75, 3.05) is 7.11 Å². The van der Waals surface area contributed by atoms with E-state index in [4.69, 9.17) is 16.3 Å². The van der Waals surface area contributed by atoms with Crippen LogP contribution in [0.3, 0.4) is 0 Å². The molecule has 5 nitrogen and oxygen atoms in total. The molecule has 0 saturated carbocycles. The molecule has 0 aliphatic heterocycles. The predicted octanol–water partition coefficient (Wildman–Crippen LogP) is 3.80. The molecule has 0 N–H and O–H groups in total. The monoisotopic (exact) mass is 355 g/mol. The van der Waals surface area contributed by atoms with E-state index < -0.39 is 17.1 Å². The van der Waals surface area contributed by atoms with Crippen LogP contribution in [0.5, 0.6) is 5.75 Å². The van der Waals surface area contributed by atoms with Gasteiger partial charge in [0, 0.05) is 11.6 Å². The van der Waals surface area contributed by atoms with E-state index in [0.29, 0.717) is 15.8 Å². The topological polar surface area (TPSA) is 56.5 Å². The van der Waals surface area contributed by atoms with Crippen molar-refractivity contribution in [3.63, 3.8) is 0 Å². The normalized spacial score (nSPS) is 11.7. The van der Waals surface area contributed by atoms with E-state index >= 15 is 0 Å². The molecule has 3 rings (SSSR count). The van der Waals surface area contributed by atoms with Crippen LogP contribution < -0.4 is 4.74 Å². The highest BCUT2D eigenvalue weighted by Crippen LogP contribution is 2.32. The number of ether oxygens (including phenoxy) is 1. The van der Waals surface area contributed by atoms with Gasteiger partial charge in [-0.05, 0) is 41.9 Å². The van der Waals surface area contributed by atoms with Crippen LogP contribution in [0.4, 0.5) is 13.2 Å². The van der Waals surface area contributed by atoms with Crippen molar-refractivity contribution in [3.05, 3.63) is 47.8 Å². The number of alkyl halides is 3. The summed E-state index contributed by atoms with van der Waals surface area (Å²) in [7, 11) is 1.48. The summed E-state index contributed by atoms with van der Waals surface area (Å²) < 4.78 is 45.5. The number of methoxy groups -OCH3 is 1. The number of carbonyl (C=O) groups is 1. The smallest absolute Gasteiger partial charge is 0.433 e. The Balaban J connectivity index is 2.23. The van der Waals surface area contributed by atoms with E-state index in [1.165, 1.54) is 7.11 Å². The SMILES string of the molecule is COc1ccc(-c2cc(C(F)(F)F)n3nc(C(=O)Cl)cc3n2)cc1. The van der Waals surface area contributed by atoms with Gasteiger partial charge in [-0.1, -0.05) is 0 Å². The zero-order chi connectivity index (χ0) is 17.5. The van der Waals surface area contributed by atoms with Crippen LogP contribution in [0.1, 0.15) is 16.2 Å². The van der Waals surface area contributed by atoms with E-state index in [-0.39, 0.29) is 17.0 Å². The Kier molecular flexibility index (Phi) is 3.92. The Morgan fingerprint density at radius 3 is 2.42 bits per heavy atom. The van der Waals surface area contributed by atoms with Crippen LogP contribution in [-0.4, -0.2) is 27.0 Å². The highest BCUT2D eigenvalue weighted by molar-refractivity contribution is 6.67. The molecule has 0 radical (unpaired) electrons. The number of benzene rings is 1. The van der Waals surface area contributed by atoms with Crippen molar-refractivity contribution in [3.8, 4) is 17.0 Å². The third-order valence-electron chi connectivity index (χ3n) is 3.30. The van der Waals surface area contributed by atoms with E-state index in [1.54, 1.807) is 24.3 Å². The van der Waals surface area contributed by atoms with Gasteiger partial charge in [0.25, 0.3) is 5.24 Å². The van der Waals surface area contributed by atoms with E-state index in [0.717, 1.165) is 12.1 Å². The molecule has 0 atom stereocenters. The number of hydrogen-bond acceptors (Lipinski definition) is 4. The quantitative estimate of drug-likeness (QED) is 0.670. The van der Waals surface area contributed by atoms with Gasteiger partial charge in [0.1, 0.15) is 11.4 Å². The van der Waals surface area contributed by atoms with Crippen LogP contribution >= 0.6 is 11.6 Å². The van der Waals surface area contributed by atoms with Gasteiger partial charge in [-0.3, -0.25) is 4.79 Å². The van der Waals surface area contributed by atoms with Gasteiger partial charge in [0.2, 0.25) is 0 Å². The molecular formula is C15H9ClF3N3O2. The van der Waals surface area contributed by atoms with Crippen molar-refractivity contribution in [2.45, 2.75) is 6.18 Å². The molecule has 124 valence electrons. The third kappa shape index (κ3) is 2.92. The summed E-state index contributed by atoms with van der Waals surface area (Å²) in [6, 6.07) is 8.36. The Morgan fingerprint density at radius 1 is 1.21 bits per heavy atom. The second-order valence-electron chi connectivity index (χ2n) is 4.83. The molecule has 9 heteroatoms. The molecule has 0 unspecified atom stereocenters. The van der Waals surface area contributed by atoms with Crippen LogP contribution in [-0.2, 0) is 6.18 Å². The molecule has 1 aromatic carbocycles. The number of halogens is 4. The lowest BCUT2D eigenvalue weighted by molar-refractivity contribution is -0.142. The number of nitrogens with zero attached hydrogens (tertiary/aromatic N) is 3. The molecule has 24 heavy (non-hydrogen) atoms. The zero-order valence-corrected chi connectivity index (χ0v) is 12.9. The second-order valence-corrected chi connectivity index (χ2v) is 5.17. The molecule has 0 fully saturated rings. The Morgan fingerprint density at radius 2 is 1.88 bits per heavy atom.